The molecule has 0 spiro atoms. The van der Waals surface area contributed by atoms with Crippen LogP contribution >= 0.6 is 23.1 Å². The molecular weight excluding hydrogens is 370 g/mol. The van der Waals surface area contributed by atoms with Gasteiger partial charge in [0, 0.05) is 11.3 Å². The van der Waals surface area contributed by atoms with Gasteiger partial charge < -0.3 is 15.6 Å². The quantitative estimate of drug-likeness (QED) is 0.498. The minimum absolute atomic E-state index is 0.143. The van der Waals surface area contributed by atoms with E-state index in [4.69, 9.17) is 15.6 Å². The van der Waals surface area contributed by atoms with Crippen LogP contribution in [0.5, 0.6) is 5.88 Å². The Morgan fingerprint density at radius 2 is 2.12 bits per heavy atom. The van der Waals surface area contributed by atoms with E-state index in [0.29, 0.717) is 20.6 Å². The molecule has 0 saturated carbocycles. The number of aliphatic hydroxyl groups excluding tert-OH is 1. The summed E-state index contributed by atoms with van der Waals surface area (Å²) in [6, 6.07) is 4.00. The van der Waals surface area contributed by atoms with Crippen molar-refractivity contribution >= 4 is 38.6 Å². The molecule has 10 heteroatoms. The van der Waals surface area contributed by atoms with E-state index in [1.54, 1.807) is 6.92 Å². The lowest BCUT2D eigenvalue weighted by Gasteiger charge is -2.12. The van der Waals surface area contributed by atoms with Crippen LogP contribution in [0.25, 0.3) is 10.3 Å². The van der Waals surface area contributed by atoms with E-state index in [1.165, 1.54) is 23.5 Å². The maximum Gasteiger partial charge on any atom is 0.238 e. The van der Waals surface area contributed by atoms with E-state index >= 15 is 0 Å². The predicted molar refractivity (Wildman–Crippen MR) is 92.7 cm³/mol. The largest absolute Gasteiger partial charge is 0.471 e. The number of ether oxygens (including phenoxy) is 1. The number of fused-ring (bicyclic) bond motifs is 1. The number of benzene rings is 1. The van der Waals surface area contributed by atoms with Gasteiger partial charge in [-0.15, -0.1) is 0 Å². The number of hydrogen-bond acceptors (Lipinski definition) is 8. The lowest BCUT2D eigenvalue weighted by Crippen LogP contribution is -2.17. The third-order valence-electron chi connectivity index (χ3n) is 3.18. The van der Waals surface area contributed by atoms with Gasteiger partial charge in [-0.1, -0.05) is 35.2 Å². The lowest BCUT2D eigenvalue weighted by atomic mass is 10.2. The second-order valence-electron chi connectivity index (χ2n) is 5.13. The van der Waals surface area contributed by atoms with Gasteiger partial charge in [0.25, 0.3) is 0 Å². The fourth-order valence-corrected chi connectivity index (χ4v) is 3.48. The molecule has 6 nitrogen and oxygen atoms in total. The number of aromatic nitrogens is 3. The zero-order valence-corrected chi connectivity index (χ0v) is 14.7. The van der Waals surface area contributed by atoms with Gasteiger partial charge in [-0.25, -0.2) is 18.7 Å². The standard InChI is InChI=1S/C15H14F2N4O2S2/c1-7(5-22)23-13-11-12(19-14(18)25-11)20-15(21-13)24-6-8-3-2-4-9(16)10(8)17/h2-4,7,22H,5-6H2,1H3,(H2,18,19,20,21)/t7-/m0/s1. The Hall–Kier alpha value is -2.04. The molecule has 1 aromatic carbocycles. The van der Waals surface area contributed by atoms with Gasteiger partial charge in [0.1, 0.15) is 10.8 Å². The van der Waals surface area contributed by atoms with Crippen molar-refractivity contribution in [2.45, 2.75) is 23.9 Å². The third-order valence-corrected chi connectivity index (χ3v) is 4.93. The first-order valence-electron chi connectivity index (χ1n) is 7.25. The van der Waals surface area contributed by atoms with Crippen molar-refractivity contribution in [1.29, 1.82) is 0 Å². The maximum atomic E-state index is 13.7. The van der Waals surface area contributed by atoms with Gasteiger partial charge in [0.15, 0.2) is 27.6 Å². The Labute approximate surface area is 150 Å². The average molecular weight is 384 g/mol. The fourth-order valence-electron chi connectivity index (χ4n) is 1.97. The van der Waals surface area contributed by atoms with Crippen molar-refractivity contribution in [1.82, 2.24) is 15.0 Å². The van der Waals surface area contributed by atoms with Gasteiger partial charge >= 0.3 is 0 Å². The molecule has 2 aromatic heterocycles. The zero-order chi connectivity index (χ0) is 18.0. The first-order chi connectivity index (χ1) is 12.0. The first kappa shape index (κ1) is 17.8. The molecule has 25 heavy (non-hydrogen) atoms. The summed E-state index contributed by atoms with van der Waals surface area (Å²) in [4.78, 5) is 12.7. The summed E-state index contributed by atoms with van der Waals surface area (Å²) < 4.78 is 33.2. The molecule has 132 valence electrons. The molecule has 2 heterocycles. The van der Waals surface area contributed by atoms with Crippen LogP contribution in [-0.2, 0) is 5.75 Å². The van der Waals surface area contributed by atoms with E-state index < -0.39 is 17.7 Å². The summed E-state index contributed by atoms with van der Waals surface area (Å²) in [5, 5.41) is 9.77. The Bertz CT molecular complexity index is 907. The number of thioether (sulfide) groups is 1. The number of hydrogen-bond donors (Lipinski definition) is 2. The van der Waals surface area contributed by atoms with Crippen molar-refractivity contribution in [2.24, 2.45) is 0 Å². The van der Waals surface area contributed by atoms with Crippen molar-refractivity contribution in [3.8, 4) is 5.88 Å². The molecule has 0 fully saturated rings. The van der Waals surface area contributed by atoms with Crippen LogP contribution in [0.2, 0.25) is 0 Å². The van der Waals surface area contributed by atoms with Crippen LogP contribution < -0.4 is 10.5 Å². The minimum atomic E-state index is -0.900. The fraction of sp³-hybridized carbons (Fsp3) is 0.267. The van der Waals surface area contributed by atoms with E-state index in [-0.39, 0.29) is 23.8 Å². The molecule has 3 N–H and O–H groups in total. The molecule has 0 bridgehead atoms. The Morgan fingerprint density at radius 3 is 2.88 bits per heavy atom. The number of rotatable bonds is 6. The van der Waals surface area contributed by atoms with E-state index in [9.17, 15) is 8.78 Å². The van der Waals surface area contributed by atoms with Crippen molar-refractivity contribution < 1.29 is 18.6 Å². The van der Waals surface area contributed by atoms with Crippen LogP contribution in [0, 0.1) is 11.6 Å². The smallest absolute Gasteiger partial charge is 0.238 e. The summed E-state index contributed by atoms with van der Waals surface area (Å²) in [5.74, 6) is -1.39. The van der Waals surface area contributed by atoms with Crippen LogP contribution in [0.3, 0.4) is 0 Å². The number of anilines is 1. The Balaban J connectivity index is 1.89. The zero-order valence-electron chi connectivity index (χ0n) is 13.1. The van der Waals surface area contributed by atoms with Crippen molar-refractivity contribution in [3.05, 3.63) is 35.4 Å². The Kier molecular flexibility index (Phi) is 5.30. The molecule has 0 radical (unpaired) electrons. The molecule has 0 aliphatic heterocycles. The highest BCUT2D eigenvalue weighted by Crippen LogP contribution is 2.33. The summed E-state index contributed by atoms with van der Waals surface area (Å²) in [5.41, 5.74) is 6.28. The molecule has 0 amide bonds. The molecule has 0 aliphatic carbocycles. The summed E-state index contributed by atoms with van der Waals surface area (Å²) in [7, 11) is 0. The van der Waals surface area contributed by atoms with Crippen LogP contribution in [0.15, 0.2) is 23.4 Å². The number of nitrogen functional groups attached to an aromatic ring is 1. The monoisotopic (exact) mass is 384 g/mol. The number of halogens is 2. The highest BCUT2D eigenvalue weighted by molar-refractivity contribution is 7.98. The van der Waals surface area contributed by atoms with Crippen molar-refractivity contribution in [2.75, 3.05) is 12.3 Å². The number of nitrogens with zero attached hydrogens (tertiary/aromatic N) is 3. The molecule has 0 unspecified atom stereocenters. The van der Waals surface area contributed by atoms with Gasteiger partial charge in [-0.05, 0) is 13.0 Å². The topological polar surface area (TPSA) is 94.1 Å². The second-order valence-corrected chi connectivity index (χ2v) is 7.10. The van der Waals surface area contributed by atoms with Gasteiger partial charge in [0.05, 0.1) is 6.61 Å². The van der Waals surface area contributed by atoms with Crippen LogP contribution in [-0.4, -0.2) is 32.8 Å². The second kappa shape index (κ2) is 7.46. The summed E-state index contributed by atoms with van der Waals surface area (Å²) in [6.07, 6.45) is -0.472. The van der Waals surface area contributed by atoms with Gasteiger partial charge in [-0.3, -0.25) is 0 Å². The number of thiazole rings is 1. The summed E-state index contributed by atoms with van der Waals surface area (Å²) >= 11 is 2.30. The van der Waals surface area contributed by atoms with E-state index in [1.807, 2.05) is 0 Å². The molecular formula is C15H14F2N4O2S2. The highest BCUT2D eigenvalue weighted by atomic mass is 32.2. The maximum absolute atomic E-state index is 13.7. The lowest BCUT2D eigenvalue weighted by molar-refractivity contribution is 0.126. The molecule has 1 atom stereocenters. The first-order valence-corrected chi connectivity index (χ1v) is 9.05. The predicted octanol–water partition coefficient (Wildman–Crippen LogP) is 3.00. The van der Waals surface area contributed by atoms with E-state index in [2.05, 4.69) is 15.0 Å². The van der Waals surface area contributed by atoms with Gasteiger partial charge in [0.2, 0.25) is 5.88 Å². The normalized spacial score (nSPS) is 12.5. The number of nitrogens with two attached hydrogens (primary N) is 1. The SMILES string of the molecule is C[C@@H](CO)Oc1nc(SCc2cccc(F)c2F)nc2nc(N)sc12. The highest BCUT2D eigenvalue weighted by Gasteiger charge is 2.17. The van der Waals surface area contributed by atoms with Crippen LogP contribution in [0.1, 0.15) is 12.5 Å². The molecule has 0 saturated heterocycles. The van der Waals surface area contributed by atoms with Crippen molar-refractivity contribution in [3.63, 3.8) is 0 Å². The third kappa shape index (κ3) is 3.97. The van der Waals surface area contributed by atoms with E-state index in [0.717, 1.165) is 17.8 Å². The Morgan fingerprint density at radius 1 is 1.32 bits per heavy atom. The average Bonchev–Trinajstić information content (AvgIpc) is 2.96. The summed E-state index contributed by atoms with van der Waals surface area (Å²) in [6.45, 7) is 1.50. The molecule has 3 rings (SSSR count). The number of aliphatic hydroxyl groups is 1. The van der Waals surface area contributed by atoms with Gasteiger partial charge in [-0.2, -0.15) is 4.98 Å². The molecule has 0 aliphatic rings. The molecule has 3 aromatic rings. The van der Waals surface area contributed by atoms with Crippen LogP contribution in [0.4, 0.5) is 13.9 Å². The minimum Gasteiger partial charge on any atom is -0.471 e.